The van der Waals surface area contributed by atoms with Crippen molar-refractivity contribution in [2.45, 2.75) is 71.6 Å². The van der Waals surface area contributed by atoms with Gasteiger partial charge in [0.25, 0.3) is 6.47 Å². The van der Waals surface area contributed by atoms with Crippen LogP contribution in [0.2, 0.25) is 0 Å². The minimum atomic E-state index is 0.534. The van der Waals surface area contributed by atoms with E-state index in [4.69, 9.17) is 0 Å². The molecule has 0 aliphatic rings. The lowest BCUT2D eigenvalue weighted by molar-refractivity contribution is -0.128. The Kier molecular flexibility index (Phi) is 13.6. The molecule has 0 aliphatic carbocycles. The fourth-order valence-corrected chi connectivity index (χ4v) is 1.98. The van der Waals surface area contributed by atoms with Crippen molar-refractivity contribution in [1.82, 2.24) is 0 Å². The van der Waals surface area contributed by atoms with Gasteiger partial charge >= 0.3 is 0 Å². The monoisotopic (exact) mass is 254 g/mol. The predicted molar refractivity (Wildman–Crippen MR) is 77.5 cm³/mol. The van der Waals surface area contributed by atoms with Crippen LogP contribution < -0.4 is 0 Å². The first-order chi connectivity index (χ1) is 8.81. The number of hydrogen-bond acceptors (Lipinski definition) is 2. The van der Waals surface area contributed by atoms with Crippen LogP contribution >= 0.6 is 0 Å². The van der Waals surface area contributed by atoms with Crippen LogP contribution in [-0.2, 0) is 9.53 Å². The highest BCUT2D eigenvalue weighted by molar-refractivity contribution is 5.36. The van der Waals surface area contributed by atoms with Crippen LogP contribution in [0.1, 0.15) is 71.6 Å². The van der Waals surface area contributed by atoms with E-state index in [0.717, 1.165) is 12.3 Å². The highest BCUT2D eigenvalue weighted by Crippen LogP contribution is 2.13. The van der Waals surface area contributed by atoms with Gasteiger partial charge in [-0.3, -0.25) is 4.79 Å². The second-order valence-corrected chi connectivity index (χ2v) is 5.07. The van der Waals surface area contributed by atoms with Gasteiger partial charge in [0.15, 0.2) is 0 Å². The molecule has 0 aromatic carbocycles. The number of allylic oxidation sites excluding steroid dienone is 2. The van der Waals surface area contributed by atoms with Gasteiger partial charge in [-0.1, -0.05) is 64.5 Å². The predicted octanol–water partition coefficient (Wildman–Crippen LogP) is 4.88. The quantitative estimate of drug-likeness (QED) is 0.266. The molecule has 0 saturated heterocycles. The summed E-state index contributed by atoms with van der Waals surface area (Å²) in [6, 6.07) is 0. The van der Waals surface area contributed by atoms with Gasteiger partial charge in [-0.15, -0.1) is 0 Å². The Hall–Kier alpha value is -0.790. The largest absolute Gasteiger partial charge is 0.468 e. The van der Waals surface area contributed by atoms with Gasteiger partial charge in [0, 0.05) is 0 Å². The van der Waals surface area contributed by atoms with Crippen LogP contribution in [0, 0.1) is 5.92 Å². The molecule has 0 heterocycles. The minimum absolute atomic E-state index is 0.534. The number of rotatable bonds is 13. The second kappa shape index (κ2) is 14.3. The van der Waals surface area contributed by atoms with Crippen molar-refractivity contribution in [2.75, 3.05) is 6.61 Å². The molecule has 2 heteroatoms. The molecule has 0 N–H and O–H groups in total. The first kappa shape index (κ1) is 17.2. The van der Waals surface area contributed by atoms with Gasteiger partial charge < -0.3 is 4.74 Å². The summed E-state index contributed by atoms with van der Waals surface area (Å²) in [5.74, 6) is 0.722. The third kappa shape index (κ3) is 13.3. The van der Waals surface area contributed by atoms with E-state index in [1.807, 2.05) is 0 Å². The molecule has 0 spiro atoms. The molecule has 0 bridgehead atoms. The molecule has 0 saturated carbocycles. The minimum Gasteiger partial charge on any atom is -0.468 e. The summed E-state index contributed by atoms with van der Waals surface area (Å²) in [5, 5.41) is 0. The molecular formula is C16H30O2. The van der Waals surface area contributed by atoms with E-state index in [9.17, 15) is 4.79 Å². The summed E-state index contributed by atoms with van der Waals surface area (Å²) in [6.45, 7) is 5.66. The van der Waals surface area contributed by atoms with E-state index in [1.54, 1.807) is 0 Å². The number of carbonyl (C=O) groups excluding carboxylic acids is 1. The van der Waals surface area contributed by atoms with Crippen molar-refractivity contribution in [3.63, 3.8) is 0 Å². The Morgan fingerprint density at radius 3 is 2.50 bits per heavy atom. The van der Waals surface area contributed by atoms with Crippen LogP contribution in [-0.4, -0.2) is 13.1 Å². The molecule has 1 unspecified atom stereocenters. The zero-order valence-corrected chi connectivity index (χ0v) is 12.2. The summed E-state index contributed by atoms with van der Waals surface area (Å²) in [4.78, 5) is 9.91. The molecule has 0 aliphatic heterocycles. The van der Waals surface area contributed by atoms with Crippen molar-refractivity contribution >= 4 is 6.47 Å². The maximum Gasteiger partial charge on any atom is 0.293 e. The van der Waals surface area contributed by atoms with Gasteiger partial charge in [0.1, 0.15) is 0 Å². The lowest BCUT2D eigenvalue weighted by atomic mass is 10.0. The normalized spacial score (nSPS) is 12.8. The van der Waals surface area contributed by atoms with E-state index < -0.39 is 0 Å². The number of hydrogen-bond donors (Lipinski definition) is 0. The zero-order chi connectivity index (χ0) is 13.5. The number of ether oxygens (including phenoxy) is 1. The molecule has 1 atom stereocenters. The molecule has 0 aromatic rings. The summed E-state index contributed by atoms with van der Waals surface area (Å²) in [7, 11) is 0. The highest BCUT2D eigenvalue weighted by atomic mass is 16.5. The average molecular weight is 254 g/mol. The Balaban J connectivity index is 3.21. The smallest absolute Gasteiger partial charge is 0.293 e. The van der Waals surface area contributed by atoms with Crippen molar-refractivity contribution in [1.29, 1.82) is 0 Å². The molecule has 2 nitrogen and oxygen atoms in total. The van der Waals surface area contributed by atoms with Crippen molar-refractivity contribution in [3.05, 3.63) is 12.2 Å². The summed E-state index contributed by atoms with van der Waals surface area (Å²) < 4.78 is 4.65. The topological polar surface area (TPSA) is 26.3 Å². The Morgan fingerprint density at radius 1 is 1.06 bits per heavy atom. The summed E-state index contributed by atoms with van der Waals surface area (Å²) in [6.07, 6.45) is 15.9. The summed E-state index contributed by atoms with van der Waals surface area (Å²) in [5.41, 5.74) is 0. The first-order valence-electron chi connectivity index (χ1n) is 7.53. The van der Waals surface area contributed by atoms with Crippen molar-refractivity contribution in [3.8, 4) is 0 Å². The van der Waals surface area contributed by atoms with Crippen LogP contribution in [0.4, 0.5) is 0 Å². The summed E-state index contributed by atoms with van der Waals surface area (Å²) >= 11 is 0. The fourth-order valence-electron chi connectivity index (χ4n) is 1.98. The van der Waals surface area contributed by atoms with Gasteiger partial charge in [-0.2, -0.15) is 0 Å². The Labute approximate surface area is 113 Å². The maximum atomic E-state index is 9.91. The molecule has 0 radical (unpaired) electrons. The zero-order valence-electron chi connectivity index (χ0n) is 12.2. The molecule has 0 rings (SSSR count). The maximum absolute atomic E-state index is 9.91. The average Bonchev–Trinajstić information content (AvgIpc) is 2.38. The van der Waals surface area contributed by atoms with Gasteiger partial charge in [0.05, 0.1) is 6.61 Å². The SMILES string of the molecule is CCCC/C=C\C(C)CCCCCCCOC=O. The van der Waals surface area contributed by atoms with Crippen LogP contribution in [0.15, 0.2) is 12.2 Å². The molecule has 106 valence electrons. The third-order valence-corrected chi connectivity index (χ3v) is 3.18. The van der Waals surface area contributed by atoms with Gasteiger partial charge in [-0.05, 0) is 25.2 Å². The van der Waals surface area contributed by atoms with E-state index in [2.05, 4.69) is 30.7 Å². The lowest BCUT2D eigenvalue weighted by Crippen LogP contribution is -1.92. The lowest BCUT2D eigenvalue weighted by Gasteiger charge is -2.06. The molecule has 0 fully saturated rings. The Morgan fingerprint density at radius 2 is 1.78 bits per heavy atom. The molecular weight excluding hydrogens is 224 g/mol. The van der Waals surface area contributed by atoms with E-state index in [0.29, 0.717) is 13.1 Å². The highest BCUT2D eigenvalue weighted by Gasteiger charge is 1.97. The number of unbranched alkanes of at least 4 members (excludes halogenated alkanes) is 6. The third-order valence-electron chi connectivity index (χ3n) is 3.18. The molecule has 0 aromatic heterocycles. The Bertz CT molecular complexity index is 199. The van der Waals surface area contributed by atoms with Gasteiger partial charge in [0.2, 0.25) is 0 Å². The van der Waals surface area contributed by atoms with Crippen molar-refractivity contribution < 1.29 is 9.53 Å². The number of carbonyl (C=O) groups is 1. The van der Waals surface area contributed by atoms with Crippen LogP contribution in [0.25, 0.3) is 0 Å². The van der Waals surface area contributed by atoms with Crippen LogP contribution in [0.5, 0.6) is 0 Å². The van der Waals surface area contributed by atoms with Gasteiger partial charge in [-0.25, -0.2) is 0 Å². The van der Waals surface area contributed by atoms with E-state index in [-0.39, 0.29) is 0 Å². The van der Waals surface area contributed by atoms with E-state index >= 15 is 0 Å². The van der Waals surface area contributed by atoms with Crippen LogP contribution in [0.3, 0.4) is 0 Å². The van der Waals surface area contributed by atoms with Crippen molar-refractivity contribution in [2.24, 2.45) is 5.92 Å². The fraction of sp³-hybridized carbons (Fsp3) is 0.812. The van der Waals surface area contributed by atoms with E-state index in [1.165, 1.54) is 51.4 Å². The molecule has 0 amide bonds. The standard InChI is InChI=1S/C16H30O2/c1-3-4-5-9-12-16(2)13-10-7-6-8-11-14-18-15-17/h9,12,15-16H,3-8,10-11,13-14H2,1-2H3/b12-9-. The second-order valence-electron chi connectivity index (χ2n) is 5.07. The first-order valence-corrected chi connectivity index (χ1v) is 7.53. The molecule has 18 heavy (non-hydrogen) atoms.